The molecule has 6 fully saturated rings. The summed E-state index contributed by atoms with van der Waals surface area (Å²) in [7, 11) is 11.1. The summed E-state index contributed by atoms with van der Waals surface area (Å²) in [6.07, 6.45) is 12.0. The highest BCUT2D eigenvalue weighted by Crippen LogP contribution is 2.38. The standard InChI is InChI=1S/C71H108Cl2N12O14/c1-12-44(2)60-67(95)79(6)42-57(89)77(4)43-58(90)82(9)62(53(86)38-46-25-16-13-17-26-46)68(96)78(5)41-55(87)74-50(31-30-47-37-49(72)59(73)54(39-47)99-11)65(93)85-36-24-29-51(85)64(92)76-71(32-20-21-33-71)70(98)83(10)61(48-27-18-14-19-28-48)69(97)81(8)52(66(94)84-34-22-15-23-35-84)40-56(88)80(7)45(3)63(91)75-60/h37,39,44-46,48,50-52,60-62H,12-36,38,40-43H2,1-11H3,(H,74,87)(H,75,91)(H,76,92)/t44-,45-,50-,51-,52-,60-,61-,62-/m0/s1. The quantitative estimate of drug-likeness (QED) is 0.255. The van der Waals surface area contributed by atoms with Crippen molar-refractivity contribution in [1.29, 1.82) is 0 Å². The zero-order chi connectivity index (χ0) is 72.7. The number of hydrogen-bond acceptors (Lipinski definition) is 14. The SMILES string of the molecule is CC[C@H](C)[C@@H]1NC(=O)[C@H](C)N(C)C(=O)C[C@@H](C(=O)N2CCCCC2)N(C)C(=O)[C@H](C2CCCCC2)N(C)C(=O)C2(CCCC2)NC(=O)[C@@H]2CCCN2C(=O)[C@H](CCc2cc(Cl)c(Cl)c(OC)c2)NC(=O)CN(C)C(=O)[C@H](C(=O)CC2CCCCC2)N(C)C(=O)CN(C)C(=O)CN(C)C1=O. The number of rotatable bonds is 11. The van der Waals surface area contributed by atoms with Crippen LogP contribution in [-0.2, 0) is 68.7 Å². The Balaban J connectivity index is 1.28. The summed E-state index contributed by atoms with van der Waals surface area (Å²) in [5.41, 5.74) is -0.944. The van der Waals surface area contributed by atoms with Crippen molar-refractivity contribution in [3.63, 3.8) is 0 Å². The van der Waals surface area contributed by atoms with Gasteiger partial charge in [0.15, 0.2) is 11.8 Å². The minimum atomic E-state index is -1.74. The number of benzene rings is 1. The second-order valence-corrected chi connectivity index (χ2v) is 29.6. The Bertz CT molecular complexity index is 3130. The first kappa shape index (κ1) is 79.2. The van der Waals surface area contributed by atoms with E-state index < -0.39 is 156 Å². The zero-order valence-electron chi connectivity index (χ0n) is 60.1. The number of halogens is 2. The van der Waals surface area contributed by atoms with E-state index in [1.54, 1.807) is 31.0 Å². The summed E-state index contributed by atoms with van der Waals surface area (Å²) >= 11 is 13.0. The van der Waals surface area contributed by atoms with Crippen LogP contribution in [0, 0.1) is 17.8 Å². The fourth-order valence-electron chi connectivity index (χ4n) is 15.2. The number of fused-ring (bicyclic) bond motifs is 1. The van der Waals surface area contributed by atoms with E-state index >= 15 is 19.2 Å². The second kappa shape index (κ2) is 36.0. The summed E-state index contributed by atoms with van der Waals surface area (Å²) in [4.78, 5) is 204. The van der Waals surface area contributed by atoms with Crippen molar-refractivity contribution in [2.75, 3.05) is 95.7 Å². The average Bonchev–Trinajstić information content (AvgIpc) is 1.61. The third kappa shape index (κ3) is 19.5. The molecule has 6 aliphatic rings. The van der Waals surface area contributed by atoms with Crippen LogP contribution in [0.25, 0.3) is 0 Å². The van der Waals surface area contributed by atoms with Crippen molar-refractivity contribution in [3.05, 3.63) is 27.7 Å². The van der Waals surface area contributed by atoms with Gasteiger partial charge in [-0.25, -0.2) is 0 Å². The van der Waals surface area contributed by atoms with Gasteiger partial charge in [-0.3, -0.25) is 62.3 Å². The van der Waals surface area contributed by atoms with Gasteiger partial charge in [0, 0.05) is 75.4 Å². The second-order valence-electron chi connectivity index (χ2n) is 28.8. The van der Waals surface area contributed by atoms with Crippen LogP contribution in [0.15, 0.2) is 12.1 Å². The molecule has 12 amide bonds. The minimum absolute atomic E-state index is 0.0414. The van der Waals surface area contributed by atoms with Crippen LogP contribution < -0.4 is 20.7 Å². The van der Waals surface area contributed by atoms with E-state index in [0.717, 1.165) is 82.3 Å². The number of hydrogen-bond donors (Lipinski definition) is 3. The summed E-state index contributed by atoms with van der Waals surface area (Å²) < 4.78 is 5.48. The van der Waals surface area contributed by atoms with Crippen LogP contribution in [0.2, 0.25) is 10.0 Å². The molecule has 1 aromatic rings. The molecule has 1 spiro atoms. The van der Waals surface area contributed by atoms with Crippen molar-refractivity contribution >= 4 is 99.9 Å². The van der Waals surface area contributed by atoms with E-state index in [-0.39, 0.29) is 72.7 Å². The Labute approximate surface area is 593 Å². The molecule has 28 heteroatoms. The van der Waals surface area contributed by atoms with E-state index in [9.17, 15) is 43.2 Å². The maximum Gasteiger partial charge on any atom is 0.253 e. The Hall–Kier alpha value is -7.09. The molecule has 3 saturated heterocycles. The molecule has 3 aliphatic heterocycles. The maximum atomic E-state index is 15.7. The fourth-order valence-corrected chi connectivity index (χ4v) is 15.7. The molecule has 3 saturated carbocycles. The number of likely N-dealkylation sites (N-methyl/N-ethyl adjacent to an activating group) is 7. The number of methoxy groups -OCH3 is 1. The maximum absolute atomic E-state index is 15.7. The minimum Gasteiger partial charge on any atom is -0.495 e. The fraction of sp³-hybridized carbons (Fsp3) is 0.732. The number of piperidine rings is 1. The Morgan fingerprint density at radius 2 is 1.23 bits per heavy atom. The molecule has 3 aliphatic carbocycles. The highest BCUT2D eigenvalue weighted by atomic mass is 35.5. The largest absolute Gasteiger partial charge is 0.495 e. The highest BCUT2D eigenvalue weighted by molar-refractivity contribution is 6.43. The third-order valence-electron chi connectivity index (χ3n) is 21.9. The van der Waals surface area contributed by atoms with Crippen LogP contribution in [0.3, 0.4) is 0 Å². The molecule has 1 aromatic carbocycles. The number of Topliss-reactive ketones (excluding diaryl/α,β-unsaturated/α-hetero) is 1. The van der Waals surface area contributed by atoms with Gasteiger partial charge >= 0.3 is 0 Å². The number of amides is 12. The Morgan fingerprint density at radius 1 is 0.626 bits per heavy atom. The van der Waals surface area contributed by atoms with E-state index in [2.05, 4.69) is 16.0 Å². The molecule has 99 heavy (non-hydrogen) atoms. The topological polar surface area (TPSA) is 296 Å². The predicted octanol–water partition coefficient (Wildman–Crippen LogP) is 4.61. The van der Waals surface area contributed by atoms with E-state index in [4.69, 9.17) is 27.9 Å². The van der Waals surface area contributed by atoms with Gasteiger partial charge in [-0.1, -0.05) is 108 Å². The lowest BCUT2D eigenvalue weighted by molar-refractivity contribution is -0.157. The number of ether oxygens (including phenoxy) is 1. The van der Waals surface area contributed by atoms with Crippen LogP contribution in [0.4, 0.5) is 0 Å². The van der Waals surface area contributed by atoms with Gasteiger partial charge in [-0.05, 0) is 113 Å². The molecule has 26 nitrogen and oxygen atoms in total. The van der Waals surface area contributed by atoms with E-state index in [0.29, 0.717) is 70.0 Å². The van der Waals surface area contributed by atoms with Gasteiger partial charge in [0.25, 0.3) is 5.91 Å². The smallest absolute Gasteiger partial charge is 0.253 e. The summed E-state index contributed by atoms with van der Waals surface area (Å²) in [5, 5.41) is 9.08. The van der Waals surface area contributed by atoms with Gasteiger partial charge in [0.2, 0.25) is 65.0 Å². The number of aryl methyl sites for hydroxylation is 1. The molecular weight excluding hydrogens is 1320 g/mol. The molecule has 0 radical (unpaired) electrons. The number of carbonyl (C=O) groups is 13. The summed E-state index contributed by atoms with van der Waals surface area (Å²) in [6.45, 7) is 4.00. The molecule has 0 unspecified atom stereocenters. The van der Waals surface area contributed by atoms with Gasteiger partial charge in [-0.2, -0.15) is 0 Å². The summed E-state index contributed by atoms with van der Waals surface area (Å²) in [6, 6.07) is -5.92. The lowest BCUT2D eigenvalue weighted by atomic mass is 9.81. The van der Waals surface area contributed by atoms with Crippen molar-refractivity contribution in [2.24, 2.45) is 17.8 Å². The molecular formula is C71H108Cl2N12O14. The molecule has 7 rings (SSSR count). The van der Waals surface area contributed by atoms with E-state index in [1.165, 1.54) is 71.0 Å². The Kier molecular flexibility index (Phi) is 28.8. The number of ketones is 1. The third-order valence-corrected chi connectivity index (χ3v) is 22.7. The zero-order valence-corrected chi connectivity index (χ0v) is 61.6. The number of nitrogens with zero attached hydrogens (tertiary/aromatic N) is 9. The molecule has 8 atom stereocenters. The molecule has 3 N–H and O–H groups in total. The average molecular weight is 1420 g/mol. The van der Waals surface area contributed by atoms with Crippen molar-refractivity contribution < 1.29 is 67.1 Å². The molecule has 0 bridgehead atoms. The number of carbonyl (C=O) groups excluding carboxylic acids is 13. The first-order chi connectivity index (χ1) is 46.9. The van der Waals surface area contributed by atoms with Crippen molar-refractivity contribution in [1.82, 2.24) is 60.0 Å². The summed E-state index contributed by atoms with van der Waals surface area (Å²) in [5.74, 6) is -9.35. The van der Waals surface area contributed by atoms with Crippen LogP contribution in [0.1, 0.15) is 174 Å². The monoisotopic (exact) mass is 1420 g/mol. The molecule has 550 valence electrons. The molecule has 3 heterocycles. The lowest BCUT2D eigenvalue weighted by Crippen LogP contribution is -2.65. The van der Waals surface area contributed by atoms with Gasteiger partial charge in [-0.15, -0.1) is 0 Å². The van der Waals surface area contributed by atoms with Crippen LogP contribution >= 0.6 is 23.2 Å². The van der Waals surface area contributed by atoms with Crippen LogP contribution in [-0.4, -0.2) is 264 Å². The lowest BCUT2D eigenvalue weighted by Gasteiger charge is -2.43. The van der Waals surface area contributed by atoms with Crippen molar-refractivity contribution in [2.45, 2.75) is 223 Å². The predicted molar refractivity (Wildman–Crippen MR) is 371 cm³/mol. The van der Waals surface area contributed by atoms with Crippen LogP contribution in [0.5, 0.6) is 5.75 Å². The van der Waals surface area contributed by atoms with Gasteiger partial charge in [0.1, 0.15) is 52.6 Å². The normalized spacial score (nSPS) is 26.8. The molecule has 0 aromatic heterocycles. The van der Waals surface area contributed by atoms with Crippen molar-refractivity contribution in [3.8, 4) is 5.75 Å². The number of nitrogens with one attached hydrogen (secondary N) is 3. The van der Waals surface area contributed by atoms with E-state index in [1.807, 2.05) is 6.92 Å². The number of likely N-dealkylation sites (tertiary alicyclic amines) is 1. The van der Waals surface area contributed by atoms with Gasteiger partial charge in [0.05, 0.1) is 38.2 Å². The van der Waals surface area contributed by atoms with Gasteiger partial charge < -0.3 is 64.8 Å². The highest BCUT2D eigenvalue weighted by Gasteiger charge is 2.51. The first-order valence-electron chi connectivity index (χ1n) is 35.8. The first-order valence-corrected chi connectivity index (χ1v) is 36.6. The Morgan fingerprint density at radius 3 is 1.86 bits per heavy atom.